The average molecular weight is 362 g/mol. The van der Waals surface area contributed by atoms with Crippen LogP contribution in [-0.4, -0.2) is 17.1 Å². The monoisotopic (exact) mass is 362 g/mol. The molecule has 4 rings (SSSR count). The van der Waals surface area contributed by atoms with Crippen LogP contribution in [0.2, 0.25) is 0 Å². The number of carbonyl (C=O) groups is 1. The number of aromatic hydroxyl groups is 1. The fraction of sp³-hybridized carbons (Fsp3) is 0.348. The molecular formula is C23H26N2O2. The number of hydrogen-bond donors (Lipinski definition) is 3. The van der Waals surface area contributed by atoms with E-state index >= 15 is 0 Å². The molecule has 140 valence electrons. The van der Waals surface area contributed by atoms with E-state index in [1.165, 1.54) is 0 Å². The Labute approximate surface area is 160 Å². The second-order valence-electron chi connectivity index (χ2n) is 7.59. The number of amides is 1. The number of para-hydroxylation sites is 2. The summed E-state index contributed by atoms with van der Waals surface area (Å²) in [7, 11) is 0. The molecule has 27 heavy (non-hydrogen) atoms. The lowest BCUT2D eigenvalue weighted by Gasteiger charge is -2.38. The van der Waals surface area contributed by atoms with E-state index < -0.39 is 0 Å². The Morgan fingerprint density at radius 3 is 2.78 bits per heavy atom. The quantitative estimate of drug-likeness (QED) is 0.688. The summed E-state index contributed by atoms with van der Waals surface area (Å²) in [5, 5.41) is 17.1. The zero-order chi connectivity index (χ0) is 19.0. The van der Waals surface area contributed by atoms with Crippen molar-refractivity contribution in [1.29, 1.82) is 0 Å². The van der Waals surface area contributed by atoms with Gasteiger partial charge in [-0.05, 0) is 43.4 Å². The number of fused-ring (bicyclic) bond motifs is 3. The van der Waals surface area contributed by atoms with Gasteiger partial charge in [0, 0.05) is 17.5 Å². The highest BCUT2D eigenvalue weighted by Gasteiger charge is 2.40. The Bertz CT molecular complexity index is 890. The smallest absolute Gasteiger partial charge is 0.253 e. The lowest BCUT2D eigenvalue weighted by molar-refractivity contribution is 0.0939. The number of anilines is 1. The zero-order valence-corrected chi connectivity index (χ0v) is 15.8. The van der Waals surface area contributed by atoms with E-state index in [2.05, 4.69) is 35.8 Å². The number of carbonyl (C=O) groups excluding carboxylic acids is 1. The number of nitrogens with one attached hydrogen (secondary N) is 2. The highest BCUT2D eigenvalue weighted by molar-refractivity contribution is 6.01. The van der Waals surface area contributed by atoms with Gasteiger partial charge < -0.3 is 15.7 Å². The molecule has 0 saturated heterocycles. The van der Waals surface area contributed by atoms with Crippen LogP contribution in [0.25, 0.3) is 0 Å². The van der Waals surface area contributed by atoms with Crippen LogP contribution in [0.3, 0.4) is 0 Å². The predicted molar refractivity (Wildman–Crippen MR) is 108 cm³/mol. The lowest BCUT2D eigenvalue weighted by atomic mass is 9.76. The van der Waals surface area contributed by atoms with E-state index in [-0.39, 0.29) is 23.9 Å². The Kier molecular flexibility index (Phi) is 4.65. The molecule has 4 nitrogen and oxygen atoms in total. The van der Waals surface area contributed by atoms with Crippen LogP contribution in [0, 0.1) is 5.92 Å². The van der Waals surface area contributed by atoms with Crippen LogP contribution in [0.15, 0.2) is 54.6 Å². The van der Waals surface area contributed by atoms with Crippen molar-refractivity contribution in [2.75, 3.05) is 5.32 Å². The van der Waals surface area contributed by atoms with Gasteiger partial charge in [-0.25, -0.2) is 0 Å². The first-order valence-electron chi connectivity index (χ1n) is 9.75. The second-order valence-corrected chi connectivity index (χ2v) is 7.59. The predicted octanol–water partition coefficient (Wildman–Crippen LogP) is 4.75. The first-order chi connectivity index (χ1) is 13.1. The topological polar surface area (TPSA) is 61.4 Å². The molecule has 1 heterocycles. The molecule has 3 N–H and O–H groups in total. The number of allylic oxidation sites excluding steroid dienone is 2. The van der Waals surface area contributed by atoms with Crippen molar-refractivity contribution in [2.45, 2.75) is 44.7 Å². The number of phenols is 1. The normalized spacial score (nSPS) is 23.9. The summed E-state index contributed by atoms with van der Waals surface area (Å²) < 4.78 is 0. The maximum absolute atomic E-state index is 12.9. The van der Waals surface area contributed by atoms with Crippen molar-refractivity contribution in [1.82, 2.24) is 5.32 Å². The molecule has 4 unspecified atom stereocenters. The molecule has 0 fully saturated rings. The zero-order valence-electron chi connectivity index (χ0n) is 15.8. The number of rotatable bonds is 4. The van der Waals surface area contributed by atoms with Crippen molar-refractivity contribution in [3.05, 3.63) is 71.3 Å². The maximum atomic E-state index is 12.9. The largest absolute Gasteiger partial charge is 0.508 e. The van der Waals surface area contributed by atoms with E-state index in [0.717, 1.165) is 29.7 Å². The molecule has 0 radical (unpaired) electrons. The fourth-order valence-corrected chi connectivity index (χ4v) is 4.27. The minimum Gasteiger partial charge on any atom is -0.508 e. The SMILES string of the molecule is CCC(C)NC(=O)c1cccc2c1NC(c1ccccc1O)C1CC=CC21. The van der Waals surface area contributed by atoms with Gasteiger partial charge in [0.05, 0.1) is 17.3 Å². The maximum Gasteiger partial charge on any atom is 0.253 e. The van der Waals surface area contributed by atoms with Crippen molar-refractivity contribution in [3.63, 3.8) is 0 Å². The molecule has 4 atom stereocenters. The van der Waals surface area contributed by atoms with E-state index in [1.54, 1.807) is 6.07 Å². The summed E-state index contributed by atoms with van der Waals surface area (Å²) in [5.41, 5.74) is 3.61. The van der Waals surface area contributed by atoms with Crippen molar-refractivity contribution in [3.8, 4) is 5.75 Å². The third-order valence-electron chi connectivity index (χ3n) is 5.90. The summed E-state index contributed by atoms with van der Waals surface area (Å²) in [6.45, 7) is 4.08. The van der Waals surface area contributed by atoms with Crippen LogP contribution < -0.4 is 10.6 Å². The van der Waals surface area contributed by atoms with Crippen molar-refractivity contribution in [2.24, 2.45) is 5.92 Å². The number of phenolic OH excluding ortho intramolecular Hbond substituents is 1. The Balaban J connectivity index is 1.77. The van der Waals surface area contributed by atoms with Gasteiger partial charge in [0.1, 0.15) is 5.75 Å². The molecule has 1 amide bonds. The van der Waals surface area contributed by atoms with Crippen LogP contribution in [-0.2, 0) is 0 Å². The van der Waals surface area contributed by atoms with Crippen LogP contribution in [0.1, 0.15) is 60.1 Å². The first kappa shape index (κ1) is 17.7. The average Bonchev–Trinajstić information content (AvgIpc) is 3.17. The Hall–Kier alpha value is -2.75. The van der Waals surface area contributed by atoms with E-state index in [1.807, 2.05) is 37.3 Å². The molecular weight excluding hydrogens is 336 g/mol. The lowest BCUT2D eigenvalue weighted by Crippen LogP contribution is -2.35. The third kappa shape index (κ3) is 3.09. The molecule has 1 aliphatic heterocycles. The molecule has 2 aromatic carbocycles. The van der Waals surface area contributed by atoms with Gasteiger partial charge in [-0.3, -0.25) is 4.79 Å². The Morgan fingerprint density at radius 2 is 2.00 bits per heavy atom. The van der Waals surface area contributed by atoms with E-state index in [4.69, 9.17) is 0 Å². The van der Waals surface area contributed by atoms with Gasteiger partial charge in [-0.1, -0.05) is 49.4 Å². The van der Waals surface area contributed by atoms with Gasteiger partial charge in [0.2, 0.25) is 0 Å². The number of benzene rings is 2. The molecule has 0 saturated carbocycles. The van der Waals surface area contributed by atoms with Gasteiger partial charge in [0.25, 0.3) is 5.91 Å². The molecule has 0 aromatic heterocycles. The minimum absolute atomic E-state index is 0.0313. The summed E-state index contributed by atoms with van der Waals surface area (Å²) >= 11 is 0. The molecule has 2 aromatic rings. The highest BCUT2D eigenvalue weighted by Crippen LogP contribution is 2.51. The van der Waals surface area contributed by atoms with Gasteiger partial charge in [0.15, 0.2) is 0 Å². The number of hydrogen-bond acceptors (Lipinski definition) is 3. The minimum atomic E-state index is -0.0508. The van der Waals surface area contributed by atoms with Crippen molar-refractivity contribution >= 4 is 11.6 Å². The van der Waals surface area contributed by atoms with Gasteiger partial charge >= 0.3 is 0 Å². The molecule has 0 spiro atoms. The fourth-order valence-electron chi connectivity index (χ4n) is 4.27. The summed E-state index contributed by atoms with van der Waals surface area (Å²) in [4.78, 5) is 12.9. The van der Waals surface area contributed by atoms with Gasteiger partial charge in [-0.15, -0.1) is 0 Å². The standard InChI is InChI=1S/C23H26N2O2/c1-3-14(2)24-23(27)19-12-7-11-17-15-9-6-10-16(15)21(25-22(17)19)18-8-4-5-13-20(18)26/h4-9,11-16,21,25-26H,3,10H2,1-2H3,(H,24,27). The summed E-state index contributed by atoms with van der Waals surface area (Å²) in [6.07, 6.45) is 6.31. The molecule has 4 heteroatoms. The summed E-state index contributed by atoms with van der Waals surface area (Å²) in [6, 6.07) is 13.5. The first-order valence-corrected chi connectivity index (χ1v) is 9.75. The third-order valence-corrected chi connectivity index (χ3v) is 5.90. The van der Waals surface area contributed by atoms with Crippen LogP contribution in [0.5, 0.6) is 5.75 Å². The molecule has 1 aliphatic carbocycles. The van der Waals surface area contributed by atoms with Crippen molar-refractivity contribution < 1.29 is 9.90 Å². The van der Waals surface area contributed by atoms with Gasteiger partial charge in [-0.2, -0.15) is 0 Å². The second kappa shape index (κ2) is 7.10. The Morgan fingerprint density at radius 1 is 1.22 bits per heavy atom. The molecule has 2 aliphatic rings. The summed E-state index contributed by atoms with van der Waals surface area (Å²) in [5.74, 6) is 0.830. The molecule has 0 bridgehead atoms. The highest BCUT2D eigenvalue weighted by atomic mass is 16.3. The van der Waals surface area contributed by atoms with Crippen LogP contribution >= 0.6 is 0 Å². The van der Waals surface area contributed by atoms with E-state index in [0.29, 0.717) is 17.2 Å². The van der Waals surface area contributed by atoms with E-state index in [9.17, 15) is 9.90 Å². The van der Waals surface area contributed by atoms with Crippen LogP contribution in [0.4, 0.5) is 5.69 Å².